The molecule has 0 radical (unpaired) electrons. The van der Waals surface area contributed by atoms with E-state index in [0.29, 0.717) is 33.9 Å². The number of nitrogens with zero attached hydrogens (tertiary/aromatic N) is 1. The van der Waals surface area contributed by atoms with E-state index in [1.54, 1.807) is 63.4 Å². The molecule has 0 aromatic heterocycles. The van der Waals surface area contributed by atoms with Crippen molar-refractivity contribution in [2.45, 2.75) is 46.1 Å². The number of ether oxygens (including phenoxy) is 1. The van der Waals surface area contributed by atoms with Crippen LogP contribution in [0, 0.1) is 5.92 Å². The van der Waals surface area contributed by atoms with Crippen LogP contribution < -0.4 is 72.9 Å². The average Bonchev–Trinajstić information content (AvgIpc) is 3.49. The van der Waals surface area contributed by atoms with Crippen molar-refractivity contribution < 1.29 is 79.6 Å². The summed E-state index contributed by atoms with van der Waals surface area (Å²) < 4.78 is 28.4. The van der Waals surface area contributed by atoms with Crippen molar-refractivity contribution in [3.05, 3.63) is 70.4 Å². The third-order valence-corrected chi connectivity index (χ3v) is 5.32. The van der Waals surface area contributed by atoms with E-state index in [-0.39, 0.29) is 69.4 Å². The Bertz CT molecular complexity index is 1070. The molecule has 210 valence electrons. The van der Waals surface area contributed by atoms with E-state index in [9.17, 15) is 18.4 Å². The summed E-state index contributed by atoms with van der Waals surface area (Å²) in [5, 5.41) is 13.9. The molecule has 1 saturated carbocycles. The van der Waals surface area contributed by atoms with Crippen molar-refractivity contribution >= 4 is 41.7 Å². The van der Waals surface area contributed by atoms with Gasteiger partial charge in [0.15, 0.2) is 0 Å². The molecule has 0 heterocycles. The molecular weight excluding hydrogens is 557 g/mol. The molecule has 2 unspecified atom stereocenters. The minimum absolute atomic E-state index is 0. The maximum absolute atomic E-state index is 12.3. The molecular formula is C27H36ClF2KN4O4. The molecule has 2 aromatic carbocycles. The van der Waals surface area contributed by atoms with E-state index >= 15 is 0 Å². The second-order valence-corrected chi connectivity index (χ2v) is 8.02. The first kappa shape index (κ1) is 39.3. The topological polar surface area (TPSA) is 129 Å². The van der Waals surface area contributed by atoms with Crippen LogP contribution in [0.4, 0.5) is 19.3 Å². The first-order chi connectivity index (χ1) is 18.1. The number of carbonyl (C=O) groups excluding carboxylic acids is 2. The quantitative estimate of drug-likeness (QED) is 0.258. The van der Waals surface area contributed by atoms with Gasteiger partial charge in [0.1, 0.15) is 6.10 Å². The van der Waals surface area contributed by atoms with Crippen LogP contribution in [0.2, 0.25) is 5.02 Å². The zero-order valence-electron chi connectivity index (χ0n) is 23.4. The number of nitrogens with one attached hydrogen (secondary N) is 2. The summed E-state index contributed by atoms with van der Waals surface area (Å²) in [6.45, 7) is 7.28. The average molecular weight is 593 g/mol. The minimum Gasteiger partial charge on any atom is -0.857 e. The van der Waals surface area contributed by atoms with Gasteiger partial charge < -0.3 is 20.9 Å². The first-order valence-electron chi connectivity index (χ1n) is 11.8. The fourth-order valence-corrected chi connectivity index (χ4v) is 3.07. The van der Waals surface area contributed by atoms with Crippen LogP contribution in [0.5, 0.6) is 0 Å². The molecule has 1 fully saturated rings. The molecule has 39 heavy (non-hydrogen) atoms. The van der Waals surface area contributed by atoms with Crippen LogP contribution in [-0.4, -0.2) is 38.8 Å². The Balaban J connectivity index is 0. The van der Waals surface area contributed by atoms with Crippen molar-refractivity contribution in [3.8, 4) is 0 Å². The monoisotopic (exact) mass is 592 g/mol. The van der Waals surface area contributed by atoms with E-state index in [2.05, 4.69) is 15.6 Å². The fourth-order valence-electron chi connectivity index (χ4n) is 2.79. The van der Waals surface area contributed by atoms with Gasteiger partial charge in [-0.05, 0) is 30.7 Å². The number of aliphatic imine (C=N–C) groups is 1. The number of hydrogen-bond acceptors (Lipinski definition) is 6. The normalized spacial score (nSPS) is 15.6. The van der Waals surface area contributed by atoms with Gasteiger partial charge >= 0.3 is 57.5 Å². The SMILES string of the molecule is CC.CC1CC1(F)F.CN=C/C(NC(=O)OC(C)c1ccccc1Cl)=C(\N)c1ccc(NC=O)cc1.C[O-].[K+]. The molecule has 3 rings (SSSR count). The van der Waals surface area contributed by atoms with Crippen molar-refractivity contribution in [3.63, 3.8) is 0 Å². The van der Waals surface area contributed by atoms with Crippen LogP contribution in [0.25, 0.3) is 5.70 Å². The van der Waals surface area contributed by atoms with Crippen molar-refractivity contribution in [2.24, 2.45) is 16.6 Å². The van der Waals surface area contributed by atoms with Crippen LogP contribution >= 0.6 is 11.6 Å². The molecule has 12 heteroatoms. The summed E-state index contributed by atoms with van der Waals surface area (Å²) >= 11 is 6.13. The van der Waals surface area contributed by atoms with Gasteiger partial charge in [-0.15, -0.1) is 0 Å². The number of nitrogens with two attached hydrogens (primary N) is 1. The summed E-state index contributed by atoms with van der Waals surface area (Å²) in [6.07, 6.45) is 0.871. The maximum atomic E-state index is 12.3. The van der Waals surface area contributed by atoms with Crippen molar-refractivity contribution in [2.75, 3.05) is 19.5 Å². The fraction of sp³-hybridized carbons (Fsp3) is 0.370. The van der Waals surface area contributed by atoms with Crippen LogP contribution in [0.1, 0.15) is 51.3 Å². The Morgan fingerprint density at radius 3 is 2.15 bits per heavy atom. The third-order valence-electron chi connectivity index (χ3n) is 4.97. The summed E-state index contributed by atoms with van der Waals surface area (Å²) in [5.74, 6) is -2.63. The van der Waals surface area contributed by atoms with Gasteiger partial charge in [-0.1, -0.05) is 62.7 Å². The van der Waals surface area contributed by atoms with Gasteiger partial charge in [0.2, 0.25) is 6.41 Å². The number of halogens is 3. The zero-order chi connectivity index (χ0) is 29.3. The second kappa shape index (κ2) is 21.0. The van der Waals surface area contributed by atoms with Crippen molar-refractivity contribution in [1.82, 2.24) is 5.32 Å². The third kappa shape index (κ3) is 14.4. The van der Waals surface area contributed by atoms with Gasteiger partial charge in [0.25, 0.3) is 5.92 Å². The summed E-state index contributed by atoms with van der Waals surface area (Å²) in [4.78, 5) is 26.7. The molecule has 8 nitrogen and oxygen atoms in total. The van der Waals surface area contributed by atoms with Gasteiger partial charge in [0.05, 0.1) is 11.4 Å². The predicted molar refractivity (Wildman–Crippen MR) is 147 cm³/mol. The number of amides is 2. The number of alkyl halides is 2. The summed E-state index contributed by atoms with van der Waals surface area (Å²) in [6, 6.07) is 13.9. The van der Waals surface area contributed by atoms with E-state index < -0.39 is 18.1 Å². The second-order valence-electron chi connectivity index (χ2n) is 7.61. The number of benzene rings is 2. The molecule has 1 aliphatic carbocycles. The molecule has 2 aromatic rings. The zero-order valence-corrected chi connectivity index (χ0v) is 27.3. The van der Waals surface area contributed by atoms with E-state index in [4.69, 9.17) is 27.2 Å². The van der Waals surface area contributed by atoms with Crippen LogP contribution in [-0.2, 0) is 9.53 Å². The molecule has 4 N–H and O–H groups in total. The molecule has 0 saturated heterocycles. The van der Waals surface area contributed by atoms with Gasteiger partial charge in [-0.25, -0.2) is 13.6 Å². The Labute approximate surface area is 276 Å². The molecule has 2 amide bonds. The van der Waals surface area contributed by atoms with Crippen LogP contribution in [0.15, 0.2) is 59.2 Å². The standard InChI is InChI=1S/C20H21ClN4O3.C4H6F2.C2H6.CH3O.K/c1-13(16-5-3-4-6-17(16)21)28-20(27)25-18(11-23-2)19(22)14-7-9-15(10-8-14)24-12-26;1-3-2-4(3,5)6;2*1-2;/h3-13H,22H2,1-2H3,(H,24,26)(H,25,27);3H,2H2,1H3;1-2H3;1H3;/q;;;-1;+1/b19-18+,23-11?;;;;. The molecule has 1 aliphatic rings. The maximum Gasteiger partial charge on any atom is 1.00 e. The Hall–Kier alpha value is -1.86. The Morgan fingerprint density at radius 1 is 1.21 bits per heavy atom. The largest absolute Gasteiger partial charge is 1.00 e. The Kier molecular flexibility index (Phi) is 21.1. The minimum atomic E-state index is -2.29. The Morgan fingerprint density at radius 2 is 1.72 bits per heavy atom. The van der Waals surface area contributed by atoms with Crippen LogP contribution in [0.3, 0.4) is 0 Å². The summed E-state index contributed by atoms with van der Waals surface area (Å²) in [7, 11) is 2.31. The number of allylic oxidation sites excluding steroid dienone is 1. The molecule has 0 bridgehead atoms. The predicted octanol–water partition coefficient (Wildman–Crippen LogP) is 2.39. The molecule has 0 aliphatic heterocycles. The van der Waals surface area contributed by atoms with Gasteiger partial charge in [-0.3, -0.25) is 15.1 Å². The number of anilines is 1. The number of hydrogen-bond donors (Lipinski definition) is 3. The van der Waals surface area contributed by atoms with Gasteiger partial charge in [0, 0.05) is 41.9 Å². The van der Waals surface area contributed by atoms with E-state index in [1.807, 2.05) is 19.9 Å². The molecule has 2 atom stereocenters. The van der Waals surface area contributed by atoms with E-state index in [0.717, 1.165) is 7.11 Å². The number of alkyl carbamates (subject to hydrolysis) is 1. The van der Waals surface area contributed by atoms with E-state index in [1.165, 1.54) is 6.21 Å². The molecule has 0 spiro atoms. The smallest absolute Gasteiger partial charge is 0.857 e. The van der Waals surface area contributed by atoms with Crippen molar-refractivity contribution in [1.29, 1.82) is 0 Å². The van der Waals surface area contributed by atoms with Gasteiger partial charge in [-0.2, -0.15) is 7.11 Å². The summed E-state index contributed by atoms with van der Waals surface area (Å²) in [5.41, 5.74) is 8.72. The first-order valence-corrected chi connectivity index (χ1v) is 12.2. The number of carbonyl (C=O) groups is 2. The number of rotatable bonds is 7.